The average Bonchev–Trinajstić information content (AvgIpc) is 2.73. The third-order valence-corrected chi connectivity index (χ3v) is 2.91. The molecular weight excluding hydrogens is 233 g/mol. The summed E-state index contributed by atoms with van der Waals surface area (Å²) in [6, 6.07) is 0. The lowest BCUT2D eigenvalue weighted by molar-refractivity contribution is -0.145. The largest absolute Gasteiger partial charge is 0.401 e. The highest BCUT2D eigenvalue weighted by atomic mass is 19.4. The van der Waals surface area contributed by atoms with Crippen molar-refractivity contribution in [1.82, 2.24) is 10.2 Å². The quantitative estimate of drug-likeness (QED) is 0.697. The smallest absolute Gasteiger partial charge is 0.381 e. The first kappa shape index (κ1) is 14.7. The maximum absolute atomic E-state index is 12.2. The predicted octanol–water partition coefficient (Wildman–Crippen LogP) is 1.50. The van der Waals surface area contributed by atoms with Gasteiger partial charge in [0, 0.05) is 26.2 Å². The molecule has 1 rings (SSSR count). The van der Waals surface area contributed by atoms with Gasteiger partial charge in [-0.05, 0) is 18.9 Å². The Kier molecular flexibility index (Phi) is 6.22. The van der Waals surface area contributed by atoms with Crippen molar-refractivity contribution < 1.29 is 17.9 Å². The van der Waals surface area contributed by atoms with E-state index in [2.05, 4.69) is 5.32 Å². The SMILES string of the molecule is CCN(CCNCC1CCOC1)CC(F)(F)F. The third-order valence-electron chi connectivity index (χ3n) is 2.91. The molecule has 0 radical (unpaired) electrons. The Morgan fingerprint density at radius 1 is 1.41 bits per heavy atom. The molecule has 0 aromatic rings. The van der Waals surface area contributed by atoms with Gasteiger partial charge in [-0.15, -0.1) is 0 Å². The molecular formula is C11H21F3N2O. The molecule has 0 bridgehead atoms. The highest BCUT2D eigenvalue weighted by Gasteiger charge is 2.29. The van der Waals surface area contributed by atoms with Crippen LogP contribution in [0, 0.1) is 5.92 Å². The number of rotatable bonds is 7. The first-order valence-electron chi connectivity index (χ1n) is 6.09. The topological polar surface area (TPSA) is 24.5 Å². The van der Waals surface area contributed by atoms with Gasteiger partial charge in [-0.25, -0.2) is 0 Å². The number of hydrogen-bond donors (Lipinski definition) is 1. The Balaban J connectivity index is 2.06. The van der Waals surface area contributed by atoms with Gasteiger partial charge in [0.2, 0.25) is 0 Å². The van der Waals surface area contributed by atoms with E-state index in [1.165, 1.54) is 4.90 Å². The van der Waals surface area contributed by atoms with Crippen molar-refractivity contribution in [2.24, 2.45) is 5.92 Å². The Hall–Kier alpha value is -0.330. The van der Waals surface area contributed by atoms with Gasteiger partial charge >= 0.3 is 6.18 Å². The van der Waals surface area contributed by atoms with E-state index in [0.29, 0.717) is 25.6 Å². The second-order valence-corrected chi connectivity index (χ2v) is 4.42. The number of likely N-dealkylation sites (N-methyl/N-ethyl adjacent to an activating group) is 1. The van der Waals surface area contributed by atoms with E-state index in [1.807, 2.05) is 0 Å². The van der Waals surface area contributed by atoms with Crippen LogP contribution < -0.4 is 5.32 Å². The zero-order valence-electron chi connectivity index (χ0n) is 10.2. The Bertz CT molecular complexity index is 205. The molecule has 0 aromatic heterocycles. The normalized spacial score (nSPS) is 21.4. The van der Waals surface area contributed by atoms with Crippen LogP contribution in [-0.2, 0) is 4.74 Å². The standard InChI is InChI=1S/C11H21F3N2O/c1-2-16(9-11(12,13)14)5-4-15-7-10-3-6-17-8-10/h10,15H,2-9H2,1H3. The lowest BCUT2D eigenvalue weighted by atomic mass is 10.1. The molecule has 6 heteroatoms. The zero-order valence-corrected chi connectivity index (χ0v) is 10.2. The van der Waals surface area contributed by atoms with Gasteiger partial charge in [0.1, 0.15) is 0 Å². The Labute approximate surface area is 100 Å². The van der Waals surface area contributed by atoms with Crippen molar-refractivity contribution in [2.75, 3.05) is 45.9 Å². The summed E-state index contributed by atoms with van der Waals surface area (Å²) in [5, 5.41) is 3.19. The number of halogens is 3. The van der Waals surface area contributed by atoms with Crippen molar-refractivity contribution in [2.45, 2.75) is 19.5 Å². The maximum Gasteiger partial charge on any atom is 0.401 e. The van der Waals surface area contributed by atoms with Crippen LogP contribution in [0.1, 0.15) is 13.3 Å². The van der Waals surface area contributed by atoms with Gasteiger partial charge < -0.3 is 10.1 Å². The second-order valence-electron chi connectivity index (χ2n) is 4.42. The summed E-state index contributed by atoms with van der Waals surface area (Å²) in [6.07, 6.45) is -3.05. The maximum atomic E-state index is 12.2. The van der Waals surface area contributed by atoms with Crippen LogP contribution in [0.25, 0.3) is 0 Å². The van der Waals surface area contributed by atoms with Crippen LogP contribution in [0.15, 0.2) is 0 Å². The van der Waals surface area contributed by atoms with Crippen LogP contribution in [0.4, 0.5) is 13.2 Å². The van der Waals surface area contributed by atoms with Crippen LogP contribution in [0.5, 0.6) is 0 Å². The minimum absolute atomic E-state index is 0.424. The molecule has 0 spiro atoms. The molecule has 1 N–H and O–H groups in total. The first-order chi connectivity index (χ1) is 8.01. The Morgan fingerprint density at radius 3 is 2.71 bits per heavy atom. The molecule has 1 atom stereocenters. The van der Waals surface area contributed by atoms with Gasteiger partial charge in [0.25, 0.3) is 0 Å². The van der Waals surface area contributed by atoms with Gasteiger partial charge in [-0.2, -0.15) is 13.2 Å². The predicted molar refractivity (Wildman–Crippen MR) is 60.0 cm³/mol. The molecule has 102 valence electrons. The summed E-state index contributed by atoms with van der Waals surface area (Å²) >= 11 is 0. The van der Waals surface area contributed by atoms with Crippen LogP contribution in [-0.4, -0.2) is 57.0 Å². The fourth-order valence-electron chi connectivity index (χ4n) is 1.89. The van der Waals surface area contributed by atoms with E-state index in [9.17, 15) is 13.2 Å². The Morgan fingerprint density at radius 2 is 2.18 bits per heavy atom. The van der Waals surface area contributed by atoms with Crippen molar-refractivity contribution in [1.29, 1.82) is 0 Å². The minimum atomic E-state index is -4.10. The summed E-state index contributed by atoms with van der Waals surface area (Å²) in [7, 11) is 0. The molecule has 3 nitrogen and oxygen atoms in total. The van der Waals surface area contributed by atoms with E-state index >= 15 is 0 Å². The number of ether oxygens (including phenoxy) is 1. The monoisotopic (exact) mass is 254 g/mol. The van der Waals surface area contributed by atoms with E-state index in [-0.39, 0.29) is 0 Å². The van der Waals surface area contributed by atoms with Crippen LogP contribution >= 0.6 is 0 Å². The average molecular weight is 254 g/mol. The molecule has 1 aliphatic heterocycles. The number of nitrogens with zero attached hydrogens (tertiary/aromatic N) is 1. The molecule has 1 unspecified atom stereocenters. The molecule has 0 saturated carbocycles. The van der Waals surface area contributed by atoms with E-state index in [4.69, 9.17) is 4.74 Å². The van der Waals surface area contributed by atoms with Crippen molar-refractivity contribution in [3.8, 4) is 0 Å². The van der Waals surface area contributed by atoms with Gasteiger partial charge in [0.05, 0.1) is 13.2 Å². The number of nitrogens with one attached hydrogen (secondary N) is 1. The molecule has 0 aromatic carbocycles. The first-order valence-corrected chi connectivity index (χ1v) is 6.09. The summed E-state index contributed by atoms with van der Waals surface area (Å²) in [4.78, 5) is 1.40. The molecule has 1 saturated heterocycles. The number of alkyl halides is 3. The van der Waals surface area contributed by atoms with Crippen molar-refractivity contribution in [3.63, 3.8) is 0 Å². The highest BCUT2D eigenvalue weighted by Crippen LogP contribution is 2.16. The summed E-state index contributed by atoms with van der Waals surface area (Å²) in [5.74, 6) is 0.521. The van der Waals surface area contributed by atoms with Crippen LogP contribution in [0.3, 0.4) is 0 Å². The van der Waals surface area contributed by atoms with Crippen molar-refractivity contribution in [3.05, 3.63) is 0 Å². The van der Waals surface area contributed by atoms with Crippen LogP contribution in [0.2, 0.25) is 0 Å². The van der Waals surface area contributed by atoms with Gasteiger partial charge in [-0.3, -0.25) is 4.90 Å². The summed E-state index contributed by atoms with van der Waals surface area (Å²) in [6.45, 7) is 4.80. The van der Waals surface area contributed by atoms with E-state index < -0.39 is 12.7 Å². The fraction of sp³-hybridized carbons (Fsp3) is 1.00. The van der Waals surface area contributed by atoms with E-state index in [0.717, 1.165) is 26.2 Å². The minimum Gasteiger partial charge on any atom is -0.381 e. The zero-order chi connectivity index (χ0) is 12.7. The number of hydrogen-bond acceptors (Lipinski definition) is 3. The lowest BCUT2D eigenvalue weighted by Gasteiger charge is -2.22. The highest BCUT2D eigenvalue weighted by molar-refractivity contribution is 4.68. The molecule has 17 heavy (non-hydrogen) atoms. The molecule has 1 aliphatic rings. The molecule has 1 heterocycles. The molecule has 0 amide bonds. The van der Waals surface area contributed by atoms with Gasteiger partial charge in [-0.1, -0.05) is 6.92 Å². The third kappa shape index (κ3) is 6.85. The van der Waals surface area contributed by atoms with Crippen molar-refractivity contribution >= 4 is 0 Å². The lowest BCUT2D eigenvalue weighted by Crippen LogP contribution is -2.39. The summed E-state index contributed by atoms with van der Waals surface area (Å²) in [5.41, 5.74) is 0. The summed E-state index contributed by atoms with van der Waals surface area (Å²) < 4.78 is 41.7. The fourth-order valence-corrected chi connectivity index (χ4v) is 1.89. The molecule has 0 aliphatic carbocycles. The molecule has 1 fully saturated rings. The van der Waals surface area contributed by atoms with Gasteiger partial charge in [0.15, 0.2) is 0 Å². The van der Waals surface area contributed by atoms with E-state index in [1.54, 1.807) is 6.92 Å². The second kappa shape index (κ2) is 7.18.